The molecule has 0 bridgehead atoms. The van der Waals surface area contributed by atoms with Crippen LogP contribution in [-0.4, -0.2) is 31.7 Å². The van der Waals surface area contributed by atoms with E-state index in [1.807, 2.05) is 35.0 Å². The molecule has 0 saturated carbocycles. The largest absolute Gasteiger partial charge is 0.353 e. The minimum absolute atomic E-state index is 0.102. The fourth-order valence-electron chi connectivity index (χ4n) is 3.19. The van der Waals surface area contributed by atoms with Crippen molar-refractivity contribution in [1.29, 1.82) is 0 Å². The Morgan fingerprint density at radius 1 is 1.43 bits per heavy atom. The lowest BCUT2D eigenvalue weighted by Crippen LogP contribution is -2.33. The highest BCUT2D eigenvalue weighted by Gasteiger charge is 2.33. The van der Waals surface area contributed by atoms with Gasteiger partial charge in [0.2, 0.25) is 0 Å². The van der Waals surface area contributed by atoms with Crippen LogP contribution in [0, 0.1) is 0 Å². The lowest BCUT2D eigenvalue weighted by Gasteiger charge is -2.25. The van der Waals surface area contributed by atoms with E-state index >= 15 is 0 Å². The van der Waals surface area contributed by atoms with Crippen LogP contribution >= 0.6 is 0 Å². The lowest BCUT2D eigenvalue weighted by molar-refractivity contribution is 0.0718. The summed E-state index contributed by atoms with van der Waals surface area (Å²) >= 11 is 0. The summed E-state index contributed by atoms with van der Waals surface area (Å²) in [6, 6.07) is 6.16. The molecule has 1 aliphatic heterocycles. The van der Waals surface area contributed by atoms with Gasteiger partial charge in [-0.05, 0) is 37.5 Å². The summed E-state index contributed by atoms with van der Waals surface area (Å²) in [7, 11) is 2.04. The van der Waals surface area contributed by atoms with Gasteiger partial charge in [0, 0.05) is 38.2 Å². The van der Waals surface area contributed by atoms with Crippen molar-refractivity contribution >= 4 is 5.91 Å². The number of hydrogen-bond donors (Lipinski definition) is 0. The molecule has 0 aliphatic carbocycles. The minimum Gasteiger partial charge on any atom is -0.353 e. The Hall–Kier alpha value is -2.04. The van der Waals surface area contributed by atoms with E-state index in [-0.39, 0.29) is 11.9 Å². The number of rotatable bonds is 4. The van der Waals surface area contributed by atoms with Crippen molar-refractivity contribution in [2.45, 2.75) is 38.8 Å². The van der Waals surface area contributed by atoms with E-state index in [0.717, 1.165) is 32.4 Å². The summed E-state index contributed by atoms with van der Waals surface area (Å²) in [5.41, 5.74) is 1.92. The highest BCUT2D eigenvalue weighted by atomic mass is 16.2. The van der Waals surface area contributed by atoms with E-state index in [1.54, 1.807) is 6.20 Å². The van der Waals surface area contributed by atoms with E-state index in [2.05, 4.69) is 22.7 Å². The van der Waals surface area contributed by atoms with Gasteiger partial charge in [-0.2, -0.15) is 5.10 Å². The molecule has 21 heavy (non-hydrogen) atoms. The molecule has 112 valence electrons. The van der Waals surface area contributed by atoms with E-state index in [1.165, 1.54) is 5.69 Å². The van der Waals surface area contributed by atoms with E-state index < -0.39 is 0 Å². The van der Waals surface area contributed by atoms with Crippen LogP contribution in [0.15, 0.2) is 30.6 Å². The minimum atomic E-state index is 0.102. The van der Waals surface area contributed by atoms with Crippen molar-refractivity contribution in [3.63, 3.8) is 0 Å². The van der Waals surface area contributed by atoms with Gasteiger partial charge in [0.15, 0.2) is 0 Å². The quantitative estimate of drug-likeness (QED) is 0.867. The molecule has 0 N–H and O–H groups in total. The molecule has 1 fully saturated rings. The summed E-state index contributed by atoms with van der Waals surface area (Å²) in [4.78, 5) is 14.9. The molecular weight excluding hydrogens is 264 g/mol. The van der Waals surface area contributed by atoms with Crippen molar-refractivity contribution in [3.8, 4) is 0 Å². The van der Waals surface area contributed by atoms with E-state index in [0.29, 0.717) is 5.69 Å². The van der Waals surface area contributed by atoms with Gasteiger partial charge in [0.05, 0.1) is 6.04 Å². The first-order valence-electron chi connectivity index (χ1n) is 7.66. The highest BCUT2D eigenvalue weighted by molar-refractivity contribution is 5.93. The Morgan fingerprint density at radius 3 is 3.00 bits per heavy atom. The SMILES string of the molecule is CCCn1nccc1C(=O)N1CCCC1c1cccn1C. The fraction of sp³-hybridized carbons (Fsp3) is 0.500. The topological polar surface area (TPSA) is 43.1 Å². The molecule has 1 unspecified atom stereocenters. The Labute approximate surface area is 125 Å². The maximum absolute atomic E-state index is 12.9. The predicted molar refractivity (Wildman–Crippen MR) is 80.9 cm³/mol. The van der Waals surface area contributed by atoms with E-state index in [4.69, 9.17) is 0 Å². The van der Waals surface area contributed by atoms with Crippen molar-refractivity contribution < 1.29 is 4.79 Å². The van der Waals surface area contributed by atoms with Crippen LogP contribution in [0.5, 0.6) is 0 Å². The number of aryl methyl sites for hydroxylation is 2. The Morgan fingerprint density at radius 2 is 2.29 bits per heavy atom. The summed E-state index contributed by atoms with van der Waals surface area (Å²) in [5, 5.41) is 4.27. The van der Waals surface area contributed by atoms with Crippen LogP contribution in [0.4, 0.5) is 0 Å². The number of carbonyl (C=O) groups is 1. The van der Waals surface area contributed by atoms with Gasteiger partial charge < -0.3 is 9.47 Å². The Bertz CT molecular complexity index is 628. The monoisotopic (exact) mass is 286 g/mol. The zero-order valence-corrected chi connectivity index (χ0v) is 12.7. The number of nitrogens with zero attached hydrogens (tertiary/aromatic N) is 4. The van der Waals surface area contributed by atoms with Gasteiger partial charge in [-0.3, -0.25) is 9.48 Å². The average Bonchev–Trinajstić information content (AvgIpc) is 3.17. The number of hydrogen-bond acceptors (Lipinski definition) is 2. The number of aromatic nitrogens is 3. The van der Waals surface area contributed by atoms with Gasteiger partial charge in [0.1, 0.15) is 5.69 Å². The molecule has 1 saturated heterocycles. The number of likely N-dealkylation sites (tertiary alicyclic amines) is 1. The van der Waals surface area contributed by atoms with E-state index in [9.17, 15) is 4.79 Å². The maximum Gasteiger partial charge on any atom is 0.272 e. The molecule has 3 heterocycles. The fourth-order valence-corrected chi connectivity index (χ4v) is 3.19. The van der Waals surface area contributed by atoms with Gasteiger partial charge in [0.25, 0.3) is 5.91 Å². The van der Waals surface area contributed by atoms with Crippen molar-refractivity contribution in [2.75, 3.05) is 6.54 Å². The standard InChI is InChI=1S/C16H22N4O/c1-3-10-20-15(8-9-17-20)16(21)19-12-5-7-14(19)13-6-4-11-18(13)2/h4,6,8-9,11,14H,3,5,7,10,12H2,1-2H3. The smallest absolute Gasteiger partial charge is 0.272 e. The number of carbonyl (C=O) groups excluding carboxylic acids is 1. The van der Waals surface area contributed by atoms with Gasteiger partial charge in [-0.25, -0.2) is 0 Å². The highest BCUT2D eigenvalue weighted by Crippen LogP contribution is 2.33. The maximum atomic E-state index is 12.9. The van der Waals surface area contributed by atoms with Crippen LogP contribution < -0.4 is 0 Å². The molecule has 5 nitrogen and oxygen atoms in total. The number of amides is 1. The van der Waals surface area contributed by atoms with Crippen LogP contribution in [-0.2, 0) is 13.6 Å². The first-order valence-corrected chi connectivity index (χ1v) is 7.66. The third kappa shape index (κ3) is 2.48. The third-order valence-corrected chi connectivity index (χ3v) is 4.21. The Kier molecular flexibility index (Phi) is 3.82. The third-order valence-electron chi connectivity index (χ3n) is 4.21. The first-order chi connectivity index (χ1) is 10.2. The van der Waals surface area contributed by atoms with Crippen LogP contribution in [0.1, 0.15) is 48.4 Å². The molecule has 0 spiro atoms. The van der Waals surface area contributed by atoms with Gasteiger partial charge in [-0.1, -0.05) is 6.92 Å². The molecule has 1 aliphatic rings. The summed E-state index contributed by atoms with van der Waals surface area (Å²) in [6.45, 7) is 3.71. The molecule has 0 aromatic carbocycles. The van der Waals surface area contributed by atoms with Crippen LogP contribution in [0.25, 0.3) is 0 Å². The van der Waals surface area contributed by atoms with Crippen LogP contribution in [0.3, 0.4) is 0 Å². The molecule has 0 radical (unpaired) electrons. The first kappa shape index (κ1) is 13.9. The second kappa shape index (κ2) is 5.76. The molecular formula is C16H22N4O. The summed E-state index contributed by atoms with van der Waals surface area (Å²) in [5.74, 6) is 0.102. The molecule has 2 aromatic rings. The second-order valence-corrected chi connectivity index (χ2v) is 5.64. The molecule has 3 rings (SSSR count). The normalized spacial score (nSPS) is 18.4. The van der Waals surface area contributed by atoms with Crippen molar-refractivity contribution in [2.24, 2.45) is 7.05 Å². The zero-order valence-electron chi connectivity index (χ0n) is 12.7. The second-order valence-electron chi connectivity index (χ2n) is 5.64. The molecule has 5 heteroatoms. The van der Waals surface area contributed by atoms with Gasteiger partial charge in [-0.15, -0.1) is 0 Å². The van der Waals surface area contributed by atoms with Gasteiger partial charge >= 0.3 is 0 Å². The predicted octanol–water partition coefficient (Wildman–Crippen LogP) is 2.61. The lowest BCUT2D eigenvalue weighted by atomic mass is 10.1. The summed E-state index contributed by atoms with van der Waals surface area (Å²) < 4.78 is 3.93. The molecule has 1 atom stereocenters. The molecule has 2 aromatic heterocycles. The van der Waals surface area contributed by atoms with Crippen molar-refractivity contribution in [3.05, 3.63) is 42.0 Å². The summed E-state index contributed by atoms with van der Waals surface area (Å²) in [6.07, 6.45) is 6.83. The Balaban J connectivity index is 1.86. The molecule has 1 amide bonds. The average molecular weight is 286 g/mol. The van der Waals surface area contributed by atoms with Crippen molar-refractivity contribution in [1.82, 2.24) is 19.2 Å². The van der Waals surface area contributed by atoms with Crippen LogP contribution in [0.2, 0.25) is 0 Å². The zero-order chi connectivity index (χ0) is 14.8.